The third-order valence-electron chi connectivity index (χ3n) is 5.56. The second-order valence-corrected chi connectivity index (χ2v) is 7.53. The van der Waals surface area contributed by atoms with Gasteiger partial charge >= 0.3 is 12.2 Å². The van der Waals surface area contributed by atoms with Gasteiger partial charge in [-0.2, -0.15) is 0 Å². The molecule has 2 saturated heterocycles. The molecule has 0 radical (unpaired) electrons. The van der Waals surface area contributed by atoms with Gasteiger partial charge in [-0.05, 0) is 38.1 Å². The van der Waals surface area contributed by atoms with Crippen molar-refractivity contribution in [2.24, 2.45) is 0 Å². The molecule has 0 unspecified atom stereocenters. The highest BCUT2D eigenvalue weighted by Crippen LogP contribution is 2.14. The van der Waals surface area contributed by atoms with Crippen molar-refractivity contribution in [3.05, 3.63) is 35.4 Å². The largest absolute Gasteiger partial charge is 0.450 e. The number of hydrogen-bond donors (Lipinski definition) is 0. The lowest BCUT2D eigenvalue weighted by Gasteiger charge is -2.34. The number of hydrogen-bond acceptors (Lipinski definition) is 6. The van der Waals surface area contributed by atoms with E-state index in [1.807, 2.05) is 0 Å². The highest BCUT2D eigenvalue weighted by molar-refractivity contribution is 5.98. The lowest BCUT2D eigenvalue weighted by atomic mass is 10.1. The number of rotatable bonds is 4. The van der Waals surface area contributed by atoms with E-state index in [1.54, 1.807) is 57.7 Å². The van der Waals surface area contributed by atoms with E-state index in [0.717, 1.165) is 0 Å². The summed E-state index contributed by atoms with van der Waals surface area (Å²) in [5.74, 6) is -0.258. The molecule has 10 nitrogen and oxygen atoms in total. The summed E-state index contributed by atoms with van der Waals surface area (Å²) in [6.07, 6.45) is -0.712. The molecule has 4 amide bonds. The fourth-order valence-corrected chi connectivity index (χ4v) is 3.73. The molecule has 2 aliphatic heterocycles. The molecule has 3 rings (SSSR count). The molecule has 2 heterocycles. The van der Waals surface area contributed by atoms with Gasteiger partial charge in [-0.15, -0.1) is 0 Å². The Balaban J connectivity index is 1.52. The zero-order valence-corrected chi connectivity index (χ0v) is 18.6. The van der Waals surface area contributed by atoms with Crippen LogP contribution in [-0.4, -0.2) is 109 Å². The number of carbonyl (C=O) groups is 4. The van der Waals surface area contributed by atoms with Crippen LogP contribution in [0.5, 0.6) is 0 Å². The predicted octanol–water partition coefficient (Wildman–Crippen LogP) is 1.52. The molecule has 1 aromatic rings. The highest BCUT2D eigenvalue weighted by atomic mass is 16.6. The van der Waals surface area contributed by atoms with Crippen molar-refractivity contribution in [2.75, 3.05) is 65.6 Å². The fourth-order valence-electron chi connectivity index (χ4n) is 3.73. The summed E-state index contributed by atoms with van der Waals surface area (Å²) in [7, 11) is 0. The third kappa shape index (κ3) is 5.49. The lowest BCUT2D eigenvalue weighted by molar-refractivity contribution is 0.0566. The van der Waals surface area contributed by atoms with Crippen LogP contribution in [-0.2, 0) is 9.47 Å². The first-order valence-corrected chi connectivity index (χ1v) is 11.0. The maximum atomic E-state index is 12.8. The molecule has 174 valence electrons. The Labute approximate surface area is 187 Å². The van der Waals surface area contributed by atoms with E-state index in [-0.39, 0.29) is 24.0 Å². The topological polar surface area (TPSA) is 99.7 Å². The molecule has 0 bridgehead atoms. The molecule has 0 aliphatic carbocycles. The monoisotopic (exact) mass is 446 g/mol. The molecule has 1 aromatic carbocycles. The van der Waals surface area contributed by atoms with Crippen molar-refractivity contribution in [2.45, 2.75) is 13.8 Å². The Morgan fingerprint density at radius 2 is 0.875 bits per heavy atom. The Bertz CT molecular complexity index is 758. The highest BCUT2D eigenvalue weighted by Gasteiger charge is 2.27. The zero-order chi connectivity index (χ0) is 23.1. The summed E-state index contributed by atoms with van der Waals surface area (Å²) in [4.78, 5) is 55.7. The molecule has 0 aromatic heterocycles. The lowest BCUT2D eigenvalue weighted by Crippen LogP contribution is -2.51. The second kappa shape index (κ2) is 10.8. The van der Waals surface area contributed by atoms with Crippen LogP contribution >= 0.6 is 0 Å². The minimum atomic E-state index is -0.356. The minimum Gasteiger partial charge on any atom is -0.450 e. The van der Waals surface area contributed by atoms with E-state index < -0.39 is 0 Å². The van der Waals surface area contributed by atoms with E-state index >= 15 is 0 Å². The van der Waals surface area contributed by atoms with Gasteiger partial charge in [0.05, 0.1) is 13.2 Å². The Morgan fingerprint density at radius 3 is 1.16 bits per heavy atom. The van der Waals surface area contributed by atoms with Crippen LogP contribution in [0.3, 0.4) is 0 Å². The van der Waals surface area contributed by atoms with Crippen LogP contribution in [0.2, 0.25) is 0 Å². The van der Waals surface area contributed by atoms with Crippen molar-refractivity contribution >= 4 is 24.0 Å². The Kier molecular flexibility index (Phi) is 7.91. The molecule has 32 heavy (non-hydrogen) atoms. The van der Waals surface area contributed by atoms with Crippen LogP contribution in [0.4, 0.5) is 9.59 Å². The van der Waals surface area contributed by atoms with Crippen molar-refractivity contribution < 1.29 is 28.7 Å². The molecular formula is C22H30N4O6. The molecular weight excluding hydrogens is 416 g/mol. The predicted molar refractivity (Wildman–Crippen MR) is 115 cm³/mol. The van der Waals surface area contributed by atoms with Gasteiger partial charge in [0.25, 0.3) is 11.8 Å². The van der Waals surface area contributed by atoms with Gasteiger partial charge in [-0.1, -0.05) is 0 Å². The molecule has 2 fully saturated rings. The number of piperazine rings is 2. The zero-order valence-electron chi connectivity index (χ0n) is 18.6. The summed E-state index contributed by atoms with van der Waals surface area (Å²) < 4.78 is 10.00. The van der Waals surface area contributed by atoms with Gasteiger partial charge in [0, 0.05) is 63.5 Å². The molecule has 0 N–H and O–H groups in total. The normalized spacial score (nSPS) is 16.6. The van der Waals surface area contributed by atoms with Crippen molar-refractivity contribution in [1.82, 2.24) is 19.6 Å². The van der Waals surface area contributed by atoms with Gasteiger partial charge in [-0.3, -0.25) is 9.59 Å². The van der Waals surface area contributed by atoms with E-state index in [1.165, 1.54) is 0 Å². The molecule has 0 saturated carbocycles. The Morgan fingerprint density at radius 1 is 0.594 bits per heavy atom. The van der Waals surface area contributed by atoms with Gasteiger partial charge in [0.15, 0.2) is 0 Å². The smallest absolute Gasteiger partial charge is 0.409 e. The van der Waals surface area contributed by atoms with Crippen molar-refractivity contribution in [1.29, 1.82) is 0 Å². The minimum absolute atomic E-state index is 0.129. The second-order valence-electron chi connectivity index (χ2n) is 7.53. The van der Waals surface area contributed by atoms with Gasteiger partial charge in [0.1, 0.15) is 0 Å². The van der Waals surface area contributed by atoms with E-state index in [4.69, 9.17) is 9.47 Å². The molecule has 10 heteroatoms. The van der Waals surface area contributed by atoms with Crippen LogP contribution in [0, 0.1) is 0 Å². The standard InChI is InChI=1S/C22H30N4O6/c1-3-31-21(29)25-13-9-23(10-14-25)19(27)17-5-7-18(8-6-17)20(28)24-11-15-26(16-12-24)22(30)32-4-2/h5-8H,3-4,9-16H2,1-2H3. The molecule has 0 atom stereocenters. The molecule has 2 aliphatic rings. The first kappa shape index (κ1) is 23.4. The maximum Gasteiger partial charge on any atom is 0.409 e. The SMILES string of the molecule is CCOC(=O)N1CCN(C(=O)c2ccc(C(=O)N3CCN(C(=O)OCC)CC3)cc2)CC1. The fraction of sp³-hybridized carbons (Fsp3) is 0.545. The van der Waals surface area contributed by atoms with Crippen LogP contribution < -0.4 is 0 Å². The quantitative estimate of drug-likeness (QED) is 0.695. The number of benzene rings is 1. The van der Waals surface area contributed by atoms with Gasteiger partial charge in [-0.25, -0.2) is 9.59 Å². The van der Waals surface area contributed by atoms with Crippen LogP contribution in [0.15, 0.2) is 24.3 Å². The summed E-state index contributed by atoms with van der Waals surface area (Å²) in [6, 6.07) is 6.62. The number of nitrogens with zero attached hydrogens (tertiary/aromatic N) is 4. The number of ether oxygens (including phenoxy) is 2. The summed E-state index contributed by atoms with van der Waals surface area (Å²) in [5, 5.41) is 0. The first-order valence-electron chi connectivity index (χ1n) is 11.0. The van der Waals surface area contributed by atoms with Crippen LogP contribution in [0.1, 0.15) is 34.6 Å². The number of carbonyl (C=O) groups excluding carboxylic acids is 4. The van der Waals surface area contributed by atoms with Crippen molar-refractivity contribution in [3.63, 3.8) is 0 Å². The van der Waals surface area contributed by atoms with Crippen molar-refractivity contribution in [3.8, 4) is 0 Å². The van der Waals surface area contributed by atoms with Crippen LogP contribution in [0.25, 0.3) is 0 Å². The Hall–Kier alpha value is -3.30. The van der Waals surface area contributed by atoms with E-state index in [0.29, 0.717) is 76.7 Å². The van der Waals surface area contributed by atoms with E-state index in [9.17, 15) is 19.2 Å². The number of amides is 4. The van der Waals surface area contributed by atoms with Gasteiger partial charge in [0.2, 0.25) is 0 Å². The van der Waals surface area contributed by atoms with Gasteiger partial charge < -0.3 is 29.1 Å². The maximum absolute atomic E-state index is 12.8. The summed E-state index contributed by atoms with van der Waals surface area (Å²) in [5.41, 5.74) is 0.997. The average Bonchev–Trinajstić information content (AvgIpc) is 2.84. The van der Waals surface area contributed by atoms with E-state index in [2.05, 4.69) is 0 Å². The first-order chi connectivity index (χ1) is 15.4. The third-order valence-corrected chi connectivity index (χ3v) is 5.56. The average molecular weight is 447 g/mol. The molecule has 0 spiro atoms. The summed E-state index contributed by atoms with van der Waals surface area (Å²) in [6.45, 7) is 7.62. The summed E-state index contributed by atoms with van der Waals surface area (Å²) >= 11 is 0.